The standard InChI is InChI=1S/C14H26N4O/c1-9(15)6-13-12(4)16-17(5)14(13)18-7-10(2)19-11(3)8-18/h9-11H,6-8,15H2,1-5H3. The lowest BCUT2D eigenvalue weighted by Gasteiger charge is -2.37. The third kappa shape index (κ3) is 3.09. The fourth-order valence-electron chi connectivity index (χ4n) is 3.00. The van der Waals surface area contributed by atoms with E-state index in [2.05, 4.69) is 30.8 Å². The molecule has 1 saturated heterocycles. The largest absolute Gasteiger partial charge is 0.372 e. The van der Waals surface area contributed by atoms with Crippen molar-refractivity contribution < 1.29 is 4.74 Å². The van der Waals surface area contributed by atoms with Crippen molar-refractivity contribution in [2.24, 2.45) is 12.8 Å². The molecule has 1 fully saturated rings. The van der Waals surface area contributed by atoms with Crippen LogP contribution in [0, 0.1) is 6.92 Å². The summed E-state index contributed by atoms with van der Waals surface area (Å²) in [4.78, 5) is 2.39. The molecule has 5 nitrogen and oxygen atoms in total. The van der Waals surface area contributed by atoms with E-state index in [1.807, 2.05) is 18.7 Å². The zero-order valence-corrected chi connectivity index (χ0v) is 12.7. The molecule has 108 valence electrons. The molecule has 19 heavy (non-hydrogen) atoms. The molecule has 0 spiro atoms. The first-order valence-corrected chi connectivity index (χ1v) is 7.07. The number of nitrogens with two attached hydrogens (primary N) is 1. The quantitative estimate of drug-likeness (QED) is 0.894. The minimum absolute atomic E-state index is 0.150. The minimum atomic E-state index is 0.150. The molecule has 2 N–H and O–H groups in total. The summed E-state index contributed by atoms with van der Waals surface area (Å²) in [6.45, 7) is 10.2. The highest BCUT2D eigenvalue weighted by atomic mass is 16.5. The molecule has 1 aromatic heterocycles. The van der Waals surface area contributed by atoms with Gasteiger partial charge in [-0.3, -0.25) is 4.68 Å². The summed E-state index contributed by atoms with van der Waals surface area (Å²) in [5, 5.41) is 4.57. The number of aryl methyl sites for hydroxylation is 2. The number of rotatable bonds is 3. The average molecular weight is 266 g/mol. The van der Waals surface area contributed by atoms with Crippen LogP contribution in [-0.4, -0.2) is 41.1 Å². The van der Waals surface area contributed by atoms with Crippen molar-refractivity contribution in [3.8, 4) is 0 Å². The maximum atomic E-state index is 5.98. The molecule has 1 aliphatic rings. The molecule has 5 heteroatoms. The fraction of sp³-hybridized carbons (Fsp3) is 0.786. The van der Waals surface area contributed by atoms with E-state index in [9.17, 15) is 0 Å². The van der Waals surface area contributed by atoms with Crippen LogP contribution in [0.3, 0.4) is 0 Å². The third-order valence-corrected chi connectivity index (χ3v) is 3.56. The number of aromatic nitrogens is 2. The van der Waals surface area contributed by atoms with Crippen molar-refractivity contribution in [3.05, 3.63) is 11.3 Å². The van der Waals surface area contributed by atoms with Crippen molar-refractivity contribution in [2.75, 3.05) is 18.0 Å². The van der Waals surface area contributed by atoms with Gasteiger partial charge in [-0.05, 0) is 34.1 Å². The Kier molecular flexibility index (Phi) is 4.16. The number of anilines is 1. The highest BCUT2D eigenvalue weighted by molar-refractivity contribution is 5.51. The van der Waals surface area contributed by atoms with Crippen LogP contribution in [0.25, 0.3) is 0 Å². The van der Waals surface area contributed by atoms with Crippen LogP contribution in [0.5, 0.6) is 0 Å². The highest BCUT2D eigenvalue weighted by Crippen LogP contribution is 2.27. The number of hydrogen-bond donors (Lipinski definition) is 1. The van der Waals surface area contributed by atoms with Crippen molar-refractivity contribution in [3.63, 3.8) is 0 Å². The zero-order chi connectivity index (χ0) is 14.2. The van der Waals surface area contributed by atoms with Gasteiger partial charge in [-0.25, -0.2) is 0 Å². The molecule has 1 aliphatic heterocycles. The van der Waals surface area contributed by atoms with Crippen LogP contribution in [0.1, 0.15) is 32.0 Å². The number of ether oxygens (including phenoxy) is 1. The molecule has 3 atom stereocenters. The second-order valence-corrected chi connectivity index (χ2v) is 5.85. The summed E-state index contributed by atoms with van der Waals surface area (Å²) in [6, 6.07) is 0.150. The first-order valence-electron chi connectivity index (χ1n) is 7.07. The van der Waals surface area contributed by atoms with Crippen LogP contribution in [0.2, 0.25) is 0 Å². The minimum Gasteiger partial charge on any atom is -0.372 e. The Morgan fingerprint density at radius 2 is 1.95 bits per heavy atom. The van der Waals surface area contributed by atoms with Gasteiger partial charge in [0.1, 0.15) is 5.82 Å². The van der Waals surface area contributed by atoms with Gasteiger partial charge in [-0.15, -0.1) is 0 Å². The van der Waals surface area contributed by atoms with Crippen LogP contribution in [0.4, 0.5) is 5.82 Å². The molecule has 0 aliphatic carbocycles. The number of morpholine rings is 1. The lowest BCUT2D eigenvalue weighted by atomic mass is 10.1. The molecule has 0 saturated carbocycles. The summed E-state index contributed by atoms with van der Waals surface area (Å²) in [6.07, 6.45) is 1.37. The molecular weight excluding hydrogens is 240 g/mol. The van der Waals surface area contributed by atoms with Gasteiger partial charge in [0.15, 0.2) is 0 Å². The number of nitrogens with zero attached hydrogens (tertiary/aromatic N) is 3. The molecule has 0 radical (unpaired) electrons. The van der Waals surface area contributed by atoms with E-state index in [1.165, 1.54) is 11.4 Å². The monoisotopic (exact) mass is 266 g/mol. The Bertz CT molecular complexity index is 431. The normalized spacial score (nSPS) is 25.7. The molecule has 0 aromatic carbocycles. The Morgan fingerprint density at radius 1 is 1.37 bits per heavy atom. The van der Waals surface area contributed by atoms with E-state index in [-0.39, 0.29) is 18.2 Å². The topological polar surface area (TPSA) is 56.3 Å². The smallest absolute Gasteiger partial charge is 0.130 e. The van der Waals surface area contributed by atoms with Gasteiger partial charge in [-0.2, -0.15) is 5.10 Å². The second-order valence-electron chi connectivity index (χ2n) is 5.85. The second kappa shape index (κ2) is 5.51. The SMILES string of the molecule is Cc1nn(C)c(N2CC(C)OC(C)C2)c1CC(C)N. The van der Waals surface area contributed by atoms with Gasteiger partial charge >= 0.3 is 0 Å². The molecule has 2 rings (SSSR count). The number of hydrogen-bond acceptors (Lipinski definition) is 4. The predicted octanol–water partition coefficient (Wildman–Crippen LogP) is 1.23. The highest BCUT2D eigenvalue weighted by Gasteiger charge is 2.27. The summed E-state index contributed by atoms with van der Waals surface area (Å²) in [5.74, 6) is 1.21. The lowest BCUT2D eigenvalue weighted by Crippen LogP contribution is -2.46. The molecule has 0 bridgehead atoms. The Morgan fingerprint density at radius 3 is 2.47 bits per heavy atom. The summed E-state index contributed by atoms with van der Waals surface area (Å²) >= 11 is 0. The fourth-order valence-corrected chi connectivity index (χ4v) is 3.00. The molecule has 0 amide bonds. The molecule has 1 aromatic rings. The predicted molar refractivity (Wildman–Crippen MR) is 77.5 cm³/mol. The van der Waals surface area contributed by atoms with Crippen LogP contribution in [-0.2, 0) is 18.2 Å². The summed E-state index contributed by atoms with van der Waals surface area (Å²) < 4.78 is 7.79. The third-order valence-electron chi connectivity index (χ3n) is 3.56. The molecule has 2 heterocycles. The Labute approximate surface area is 115 Å². The van der Waals surface area contributed by atoms with Crippen LogP contribution < -0.4 is 10.6 Å². The maximum absolute atomic E-state index is 5.98. The van der Waals surface area contributed by atoms with Gasteiger partial charge in [0.25, 0.3) is 0 Å². The van der Waals surface area contributed by atoms with Gasteiger partial charge in [-0.1, -0.05) is 0 Å². The van der Waals surface area contributed by atoms with Crippen LogP contribution >= 0.6 is 0 Å². The van der Waals surface area contributed by atoms with Gasteiger partial charge in [0.2, 0.25) is 0 Å². The van der Waals surface area contributed by atoms with E-state index in [1.54, 1.807) is 0 Å². The van der Waals surface area contributed by atoms with Crippen molar-refractivity contribution in [2.45, 2.75) is 52.4 Å². The Hall–Kier alpha value is -1.07. The van der Waals surface area contributed by atoms with Crippen molar-refractivity contribution in [1.82, 2.24) is 9.78 Å². The van der Waals surface area contributed by atoms with E-state index >= 15 is 0 Å². The van der Waals surface area contributed by atoms with Gasteiger partial charge in [0, 0.05) is 31.7 Å². The van der Waals surface area contributed by atoms with Crippen molar-refractivity contribution in [1.29, 1.82) is 0 Å². The van der Waals surface area contributed by atoms with Gasteiger partial charge < -0.3 is 15.4 Å². The van der Waals surface area contributed by atoms with E-state index in [0.29, 0.717) is 0 Å². The summed E-state index contributed by atoms with van der Waals surface area (Å²) in [7, 11) is 2.01. The van der Waals surface area contributed by atoms with E-state index in [0.717, 1.165) is 25.2 Å². The zero-order valence-electron chi connectivity index (χ0n) is 12.7. The van der Waals surface area contributed by atoms with Crippen molar-refractivity contribution >= 4 is 5.82 Å². The van der Waals surface area contributed by atoms with Crippen LogP contribution in [0.15, 0.2) is 0 Å². The molecular formula is C14H26N4O. The summed E-state index contributed by atoms with van der Waals surface area (Å²) in [5.41, 5.74) is 8.34. The first kappa shape index (κ1) is 14.3. The van der Waals surface area contributed by atoms with E-state index < -0.39 is 0 Å². The van der Waals surface area contributed by atoms with Gasteiger partial charge in [0.05, 0.1) is 17.9 Å². The lowest BCUT2D eigenvalue weighted by molar-refractivity contribution is -0.00569. The Balaban J connectivity index is 2.32. The average Bonchev–Trinajstić information content (AvgIpc) is 2.51. The first-order chi connectivity index (χ1) is 8.88. The van der Waals surface area contributed by atoms with E-state index in [4.69, 9.17) is 10.5 Å². The molecule has 3 unspecified atom stereocenters. The maximum Gasteiger partial charge on any atom is 0.130 e.